The summed E-state index contributed by atoms with van der Waals surface area (Å²) in [5.41, 5.74) is 19.2. The van der Waals surface area contributed by atoms with Crippen LogP contribution < -0.4 is 32.3 Å². The molecule has 1 saturated heterocycles. The maximum absolute atomic E-state index is 13.0. The number of para-hydroxylation sites is 1. The molecule has 0 unspecified atom stereocenters. The number of allylic oxidation sites excluding steroid dienone is 1. The van der Waals surface area contributed by atoms with Crippen LogP contribution in [-0.2, 0) is 22.7 Å². The molecule has 14 heteroatoms. The minimum absolute atomic E-state index is 0.0120. The van der Waals surface area contributed by atoms with Gasteiger partial charge in [0, 0.05) is 68.9 Å². The molecule has 3 amide bonds. The number of hydrogen-bond acceptors (Lipinski definition) is 10. The summed E-state index contributed by atoms with van der Waals surface area (Å²) in [7, 11) is 2.03. The average molecular weight is 694 g/mol. The van der Waals surface area contributed by atoms with E-state index >= 15 is 0 Å². The molecule has 0 bridgehead atoms. The van der Waals surface area contributed by atoms with Crippen molar-refractivity contribution in [2.45, 2.75) is 64.7 Å². The largest absolute Gasteiger partial charge is 0.393 e. The fourth-order valence-corrected chi connectivity index (χ4v) is 6.80. The Morgan fingerprint density at radius 2 is 1.75 bits per heavy atom. The zero-order valence-corrected chi connectivity index (χ0v) is 29.5. The summed E-state index contributed by atoms with van der Waals surface area (Å²) in [6.07, 6.45) is 6.99. The Bertz CT molecular complexity index is 1900. The number of aromatic nitrogens is 3. The Morgan fingerprint density at radius 3 is 2.45 bits per heavy atom. The maximum Gasteiger partial charge on any atom is 0.272 e. The molecular formula is C37H47N11O3. The summed E-state index contributed by atoms with van der Waals surface area (Å²) in [4.78, 5) is 49.2. The Morgan fingerprint density at radius 1 is 1.00 bits per heavy atom. The van der Waals surface area contributed by atoms with Crippen LogP contribution in [0.25, 0.3) is 11.1 Å². The van der Waals surface area contributed by atoms with E-state index < -0.39 is 0 Å². The van der Waals surface area contributed by atoms with E-state index in [9.17, 15) is 14.4 Å². The minimum atomic E-state index is -0.384. The van der Waals surface area contributed by atoms with Gasteiger partial charge in [-0.15, -0.1) is 0 Å². The van der Waals surface area contributed by atoms with Crippen molar-refractivity contribution in [1.82, 2.24) is 35.2 Å². The first kappa shape index (κ1) is 34.1. The third-order valence-electron chi connectivity index (χ3n) is 9.97. The van der Waals surface area contributed by atoms with Crippen molar-refractivity contribution in [3.63, 3.8) is 0 Å². The standard InChI is InChI=1S/C37H47N11O3/c1-4-47(5-2)37(51)29-11-6-8-24(41-29)18-46-19-25(20-46)48-31-21-45(3)34-26(27(31)17-40-48)9-7-10-28(34)43-30(33(39)36(50)42-23-14-15-23)16-32(38)44-35(49)22-12-13-22/h6-11,16-17,22-23,25,43H,4-5,12-15,18-21,38-39H2,1-3H3,(H,42,50)(H,44,49)/b32-16+,33-30+. The lowest BCUT2D eigenvalue weighted by atomic mass is 9.97. The number of fused-ring (bicyclic) bond motifs is 3. The van der Waals surface area contributed by atoms with E-state index in [1.165, 1.54) is 6.08 Å². The lowest BCUT2D eigenvalue weighted by Crippen LogP contribution is -2.48. The average Bonchev–Trinajstić information content (AvgIpc) is 4.05. The van der Waals surface area contributed by atoms with Crippen molar-refractivity contribution in [1.29, 1.82) is 0 Å². The number of nitrogens with one attached hydrogen (secondary N) is 3. The van der Waals surface area contributed by atoms with Gasteiger partial charge in [-0.05, 0) is 57.7 Å². The zero-order valence-electron chi connectivity index (χ0n) is 29.5. The topological polar surface area (TPSA) is 180 Å². The lowest BCUT2D eigenvalue weighted by Gasteiger charge is -2.40. The summed E-state index contributed by atoms with van der Waals surface area (Å²) >= 11 is 0. The van der Waals surface area contributed by atoms with Gasteiger partial charge in [-0.1, -0.05) is 18.2 Å². The molecule has 0 radical (unpaired) electrons. The SMILES string of the molecule is CCN(CC)C(=O)c1cccc(CN2CC(n3ncc4c3CN(C)c3c(NC(/C=C(\N)NC(=O)C5CC5)=C(/N)C(=O)NC5CC5)cccc3-4)C2)n1. The van der Waals surface area contributed by atoms with Gasteiger partial charge in [0.25, 0.3) is 11.8 Å². The van der Waals surface area contributed by atoms with Crippen LogP contribution in [0.4, 0.5) is 11.4 Å². The fraction of sp³-hybridized carbons (Fsp3) is 0.432. The minimum Gasteiger partial charge on any atom is -0.393 e. The number of carbonyl (C=O) groups excluding carboxylic acids is 3. The van der Waals surface area contributed by atoms with Crippen LogP contribution in [-0.4, -0.2) is 81.6 Å². The van der Waals surface area contributed by atoms with E-state index in [0.29, 0.717) is 37.6 Å². The normalized spacial score (nSPS) is 17.9. The predicted octanol–water partition coefficient (Wildman–Crippen LogP) is 2.62. The van der Waals surface area contributed by atoms with Crippen LogP contribution in [0.1, 0.15) is 67.4 Å². The summed E-state index contributed by atoms with van der Waals surface area (Å²) in [6, 6.07) is 12.0. The van der Waals surface area contributed by atoms with Crippen LogP contribution in [0.15, 0.2) is 65.9 Å². The van der Waals surface area contributed by atoms with Gasteiger partial charge in [0.1, 0.15) is 17.2 Å². The number of anilines is 2. The smallest absolute Gasteiger partial charge is 0.272 e. The molecule has 2 aromatic heterocycles. The van der Waals surface area contributed by atoms with Gasteiger partial charge >= 0.3 is 0 Å². The summed E-state index contributed by atoms with van der Waals surface area (Å²) in [5, 5.41) is 13.9. The zero-order chi connectivity index (χ0) is 35.8. The van der Waals surface area contributed by atoms with E-state index in [4.69, 9.17) is 16.6 Å². The van der Waals surface area contributed by atoms with Crippen LogP contribution >= 0.6 is 0 Å². The van der Waals surface area contributed by atoms with E-state index in [2.05, 4.69) is 41.5 Å². The molecule has 51 heavy (non-hydrogen) atoms. The predicted molar refractivity (Wildman–Crippen MR) is 195 cm³/mol. The van der Waals surface area contributed by atoms with Crippen molar-refractivity contribution in [2.75, 3.05) is 43.4 Å². The van der Waals surface area contributed by atoms with E-state index in [1.54, 1.807) is 11.0 Å². The first-order chi connectivity index (χ1) is 24.6. The highest BCUT2D eigenvalue weighted by atomic mass is 16.2. The highest BCUT2D eigenvalue weighted by molar-refractivity contribution is 5.96. The number of nitrogens with zero attached hydrogens (tertiary/aromatic N) is 6. The molecule has 2 aliphatic carbocycles. The van der Waals surface area contributed by atoms with E-state index in [0.717, 1.165) is 72.7 Å². The molecule has 2 aliphatic heterocycles. The number of nitrogens with two attached hydrogens (primary N) is 2. The summed E-state index contributed by atoms with van der Waals surface area (Å²) < 4.78 is 2.14. The van der Waals surface area contributed by atoms with Gasteiger partial charge < -0.3 is 37.2 Å². The summed E-state index contributed by atoms with van der Waals surface area (Å²) in [6.45, 7) is 8.19. The Kier molecular flexibility index (Phi) is 9.42. The molecule has 268 valence electrons. The molecule has 1 aromatic carbocycles. The van der Waals surface area contributed by atoms with Crippen molar-refractivity contribution in [3.05, 3.63) is 83.0 Å². The highest BCUT2D eigenvalue weighted by Crippen LogP contribution is 2.44. The quantitative estimate of drug-likeness (QED) is 0.132. The van der Waals surface area contributed by atoms with Gasteiger partial charge in [-0.3, -0.25) is 24.0 Å². The molecule has 3 aromatic rings. The van der Waals surface area contributed by atoms with Crippen molar-refractivity contribution in [3.8, 4) is 11.1 Å². The number of benzene rings is 1. The van der Waals surface area contributed by atoms with Crippen LogP contribution in [0.2, 0.25) is 0 Å². The lowest BCUT2D eigenvalue weighted by molar-refractivity contribution is -0.121. The van der Waals surface area contributed by atoms with Gasteiger partial charge in [0.05, 0.1) is 47.2 Å². The number of hydrogen-bond donors (Lipinski definition) is 5. The Balaban J connectivity index is 1.08. The number of amides is 3. The van der Waals surface area contributed by atoms with E-state index in [1.807, 2.05) is 51.4 Å². The highest BCUT2D eigenvalue weighted by Gasteiger charge is 2.35. The number of carbonyl (C=O) groups is 3. The number of pyridine rings is 1. The first-order valence-corrected chi connectivity index (χ1v) is 17.9. The van der Waals surface area contributed by atoms with Gasteiger partial charge in [-0.2, -0.15) is 5.10 Å². The van der Waals surface area contributed by atoms with Crippen LogP contribution in [0.5, 0.6) is 0 Å². The molecule has 7 N–H and O–H groups in total. The van der Waals surface area contributed by atoms with Gasteiger partial charge in [-0.25, -0.2) is 4.98 Å². The molecule has 0 spiro atoms. The Hall–Kier alpha value is -5.37. The molecule has 4 heterocycles. The molecular weight excluding hydrogens is 646 g/mol. The Labute approximate surface area is 297 Å². The second kappa shape index (κ2) is 14.1. The number of likely N-dealkylation sites (tertiary alicyclic amines) is 1. The molecule has 2 saturated carbocycles. The third kappa shape index (κ3) is 7.27. The maximum atomic E-state index is 13.0. The molecule has 4 aliphatic rings. The molecule has 3 fully saturated rings. The number of rotatable bonds is 13. The third-order valence-corrected chi connectivity index (χ3v) is 9.97. The van der Waals surface area contributed by atoms with Gasteiger partial charge in [0.15, 0.2) is 0 Å². The fourth-order valence-electron chi connectivity index (χ4n) is 6.80. The first-order valence-electron chi connectivity index (χ1n) is 17.9. The van der Waals surface area contributed by atoms with Crippen LogP contribution in [0.3, 0.4) is 0 Å². The van der Waals surface area contributed by atoms with Crippen molar-refractivity contribution >= 4 is 29.1 Å². The molecule has 7 rings (SSSR count). The van der Waals surface area contributed by atoms with Crippen molar-refractivity contribution in [2.24, 2.45) is 17.4 Å². The van der Waals surface area contributed by atoms with Crippen LogP contribution in [0, 0.1) is 5.92 Å². The van der Waals surface area contributed by atoms with E-state index in [-0.39, 0.29) is 47.2 Å². The van der Waals surface area contributed by atoms with Gasteiger partial charge in [0.2, 0.25) is 5.91 Å². The monoisotopic (exact) mass is 693 g/mol. The molecule has 0 atom stereocenters. The molecule has 14 nitrogen and oxygen atoms in total. The summed E-state index contributed by atoms with van der Waals surface area (Å²) in [5.74, 6) is -0.463. The van der Waals surface area contributed by atoms with Crippen molar-refractivity contribution < 1.29 is 14.4 Å². The second-order valence-corrected chi connectivity index (χ2v) is 13.9. The second-order valence-electron chi connectivity index (χ2n) is 13.9.